The second-order valence-electron chi connectivity index (χ2n) is 4.13. The molecule has 2 rings (SSSR count). The van der Waals surface area contributed by atoms with Gasteiger partial charge in [-0.15, -0.1) is 0 Å². The Morgan fingerprint density at radius 2 is 2.00 bits per heavy atom. The summed E-state index contributed by atoms with van der Waals surface area (Å²) in [7, 11) is 0. The second kappa shape index (κ2) is 4.04. The van der Waals surface area contributed by atoms with Crippen molar-refractivity contribution < 1.29 is 22.0 Å². The zero-order valence-corrected chi connectivity index (χ0v) is 10.7. The zero-order chi connectivity index (χ0) is 10.1. The summed E-state index contributed by atoms with van der Waals surface area (Å²) in [4.78, 5) is 0. The third kappa shape index (κ3) is 1.87. The molecule has 0 spiro atoms. The Morgan fingerprint density at radius 1 is 1.21 bits per heavy atom. The third-order valence-electron chi connectivity index (χ3n) is 3.18. The molecule has 0 heterocycles. The first-order valence-corrected chi connectivity index (χ1v) is 6.74. The molecule has 1 heteroatoms. The van der Waals surface area contributed by atoms with E-state index >= 15 is 0 Å². The van der Waals surface area contributed by atoms with Crippen LogP contribution in [0, 0.1) is 0 Å². The minimum Gasteiger partial charge on any atom is -1.00 e. The van der Waals surface area contributed by atoms with Gasteiger partial charge in [0.15, 0.2) is 0 Å². The van der Waals surface area contributed by atoms with Gasteiger partial charge in [-0.25, -0.2) is 0 Å². The monoisotopic (exact) mass is 222 g/mol. The number of hydrogen-bond acceptors (Lipinski definition) is 0. The molecule has 0 bridgehead atoms. The molecular weight excluding hydrogens is 204 g/mol. The summed E-state index contributed by atoms with van der Waals surface area (Å²) in [5, 5.41) is 0. The molecule has 0 saturated heterocycles. The van der Waals surface area contributed by atoms with Gasteiger partial charge in [-0.1, -0.05) is 0 Å². The van der Waals surface area contributed by atoms with E-state index < -0.39 is 0 Å². The Morgan fingerprint density at radius 3 is 2.50 bits per heavy atom. The molecule has 0 atom stereocenters. The van der Waals surface area contributed by atoms with Crippen molar-refractivity contribution in [2.45, 2.75) is 33.6 Å². The Balaban J connectivity index is 0.00000112. The van der Waals surface area contributed by atoms with Crippen molar-refractivity contribution in [3.05, 3.63) is 42.7 Å². The van der Waals surface area contributed by atoms with Crippen LogP contribution in [0.1, 0.15) is 36.5 Å². The maximum Gasteiger partial charge on any atom is -1.00 e. The van der Waals surface area contributed by atoms with Gasteiger partial charge in [0.05, 0.1) is 0 Å². The van der Waals surface area contributed by atoms with Gasteiger partial charge in [0.25, 0.3) is 0 Å². The van der Waals surface area contributed by atoms with Crippen molar-refractivity contribution in [2.24, 2.45) is 0 Å². The predicted molar refractivity (Wildman–Crippen MR) is 59.8 cm³/mol. The summed E-state index contributed by atoms with van der Waals surface area (Å²) in [6.45, 7) is 6.85. The van der Waals surface area contributed by atoms with E-state index in [0.29, 0.717) is 0 Å². The molecule has 0 radical (unpaired) electrons. The third-order valence-corrected chi connectivity index (χ3v) is 5.59. The van der Waals surface area contributed by atoms with E-state index in [2.05, 4.69) is 39.0 Å². The van der Waals surface area contributed by atoms with Gasteiger partial charge in [-0.3, -0.25) is 0 Å². The molecule has 2 aliphatic carbocycles. The molecule has 76 valence electrons. The van der Waals surface area contributed by atoms with Gasteiger partial charge in [-0.05, 0) is 0 Å². The predicted octanol–water partition coefficient (Wildman–Crippen LogP) is 4.15. The van der Waals surface area contributed by atoms with Crippen LogP contribution in [0.3, 0.4) is 0 Å². The summed E-state index contributed by atoms with van der Waals surface area (Å²) in [6, 6.07) is 0. The zero-order valence-electron chi connectivity index (χ0n) is 11.1. The van der Waals surface area contributed by atoms with Crippen LogP contribution in [0.15, 0.2) is 42.7 Å². The maximum atomic E-state index is 2.32. The molecule has 0 unspecified atom stereocenters. The molecule has 0 fully saturated rings. The van der Waals surface area contributed by atoms with Gasteiger partial charge in [0.1, 0.15) is 0 Å². The van der Waals surface area contributed by atoms with E-state index in [4.69, 9.17) is 0 Å². The largest absolute Gasteiger partial charge is 1.00 e. The number of hydrogen-bond donors (Lipinski definition) is 0. The van der Waals surface area contributed by atoms with E-state index in [-0.39, 0.29) is 22.0 Å². The summed E-state index contributed by atoms with van der Waals surface area (Å²) >= 11 is 0.0195. The van der Waals surface area contributed by atoms with Gasteiger partial charge >= 0.3 is 95.5 Å². The molecular formula is C13H18Ti-2. The van der Waals surface area contributed by atoms with Crippen molar-refractivity contribution >= 4 is 0 Å². The van der Waals surface area contributed by atoms with E-state index in [0.717, 1.165) is 0 Å². The number of allylic oxidation sites excluding steroid dienone is 8. The first kappa shape index (κ1) is 10.2. The van der Waals surface area contributed by atoms with Crippen molar-refractivity contribution in [2.75, 3.05) is 0 Å². The van der Waals surface area contributed by atoms with E-state index in [9.17, 15) is 0 Å². The second-order valence-corrected chi connectivity index (χ2v) is 6.47. The molecule has 0 N–H and O–H groups in total. The van der Waals surface area contributed by atoms with Crippen molar-refractivity contribution in [1.29, 1.82) is 0 Å². The van der Waals surface area contributed by atoms with E-state index in [1.54, 1.807) is 24.5 Å². The quantitative estimate of drug-likeness (QED) is 0.615. The van der Waals surface area contributed by atoms with E-state index in [1.807, 2.05) is 0 Å². The Bertz CT molecular complexity index is 387. The molecule has 0 amide bonds. The topological polar surface area (TPSA) is 0 Å². The average molecular weight is 222 g/mol. The average Bonchev–Trinajstić information content (AvgIpc) is 2.73. The van der Waals surface area contributed by atoms with Crippen LogP contribution in [-0.2, 0) is 19.2 Å². The van der Waals surface area contributed by atoms with Gasteiger partial charge in [-0.2, -0.15) is 0 Å². The molecule has 0 aromatic carbocycles. The summed E-state index contributed by atoms with van der Waals surface area (Å²) in [5.74, 6) is 0. The Kier molecular flexibility index (Phi) is 2.94. The maximum absolute atomic E-state index is 2.32. The molecule has 0 aromatic heterocycles. The summed E-state index contributed by atoms with van der Waals surface area (Å²) < 4.78 is 3.46. The van der Waals surface area contributed by atoms with Gasteiger partial charge in [0.2, 0.25) is 0 Å². The Labute approximate surface area is 98.4 Å². The van der Waals surface area contributed by atoms with Crippen LogP contribution in [-0.4, -0.2) is 0 Å². The summed E-state index contributed by atoms with van der Waals surface area (Å²) in [6.07, 6.45) is 9.28. The van der Waals surface area contributed by atoms with Crippen molar-refractivity contribution in [3.63, 3.8) is 0 Å². The molecule has 0 saturated carbocycles. The first-order chi connectivity index (χ1) is 6.68. The number of rotatable bonds is 2. The molecule has 0 aromatic rings. The van der Waals surface area contributed by atoms with E-state index in [1.165, 1.54) is 12.8 Å². The van der Waals surface area contributed by atoms with Crippen LogP contribution < -0.4 is 0 Å². The fourth-order valence-corrected chi connectivity index (χ4v) is 4.32. The molecule has 0 aliphatic heterocycles. The normalized spacial score (nSPS) is 20.9. The summed E-state index contributed by atoms with van der Waals surface area (Å²) in [5.41, 5.74) is 4.73. The molecule has 0 nitrogen and oxygen atoms in total. The SMILES string of the molecule is CC1=C(C)C(C)=[C]([Ti][C]2=CC=CC2)C1.[H-].[H-]. The van der Waals surface area contributed by atoms with Crippen LogP contribution >= 0.6 is 0 Å². The van der Waals surface area contributed by atoms with Gasteiger partial charge in [0, 0.05) is 0 Å². The Hall–Kier alpha value is -0.326. The fraction of sp³-hybridized carbons (Fsp3) is 0.385. The first-order valence-electron chi connectivity index (χ1n) is 5.17. The van der Waals surface area contributed by atoms with Crippen LogP contribution in [0.5, 0.6) is 0 Å². The standard InChI is InChI=1S/C8H11.C5H5.Ti.2H/c1-6-4-5-7(2)8(6)3;1-2-4-5-3-1;;;/h4H2,1-3H3;1-3H,4H2;;;/q;;;2*-1. The van der Waals surface area contributed by atoms with Crippen LogP contribution in [0.4, 0.5) is 0 Å². The fourth-order valence-electron chi connectivity index (χ4n) is 1.95. The van der Waals surface area contributed by atoms with Crippen molar-refractivity contribution in [3.8, 4) is 0 Å². The van der Waals surface area contributed by atoms with Gasteiger partial charge < -0.3 is 2.85 Å². The molecule has 14 heavy (non-hydrogen) atoms. The minimum absolute atomic E-state index is 0. The smallest absolute Gasteiger partial charge is 1.00 e. The minimum atomic E-state index is 0. The molecule has 2 aliphatic rings. The van der Waals surface area contributed by atoms with Crippen LogP contribution in [0.25, 0.3) is 0 Å². The van der Waals surface area contributed by atoms with Crippen molar-refractivity contribution in [1.82, 2.24) is 0 Å². The van der Waals surface area contributed by atoms with Crippen LogP contribution in [0.2, 0.25) is 0 Å².